The molecule has 0 spiro atoms. The van der Waals surface area contributed by atoms with E-state index < -0.39 is 0 Å². The predicted octanol–water partition coefficient (Wildman–Crippen LogP) is 12.4. The normalized spacial score (nSPS) is 12.7. The van der Waals surface area contributed by atoms with Crippen molar-refractivity contribution in [2.45, 2.75) is 79.1 Å². The number of unbranched alkanes of at least 4 members (excludes halogenated alkanes) is 2. The van der Waals surface area contributed by atoms with Crippen molar-refractivity contribution in [3.8, 4) is 34.5 Å². The average molecular weight is 709 g/mol. The fourth-order valence-electron chi connectivity index (χ4n) is 6.50. The van der Waals surface area contributed by atoms with Gasteiger partial charge in [0.15, 0.2) is 23.0 Å². The molecule has 4 aromatic carbocycles. The average Bonchev–Trinajstić information content (AvgIpc) is 3.19. The second-order valence-electron chi connectivity index (χ2n) is 13.4. The van der Waals surface area contributed by atoms with Gasteiger partial charge in [-0.25, -0.2) is 0 Å². The van der Waals surface area contributed by atoms with Crippen LogP contribution in [-0.4, -0.2) is 41.7 Å². The molecular weight excluding hydrogens is 649 g/mol. The van der Waals surface area contributed by atoms with Gasteiger partial charge in [-0.1, -0.05) is 127 Å². The van der Waals surface area contributed by atoms with Gasteiger partial charge in [0.1, 0.15) is 0 Å². The summed E-state index contributed by atoms with van der Waals surface area (Å²) in [5, 5.41) is 2.31. The van der Waals surface area contributed by atoms with Crippen LogP contribution in [0.1, 0.15) is 101 Å². The van der Waals surface area contributed by atoms with Gasteiger partial charge >= 0.3 is 0 Å². The van der Waals surface area contributed by atoms with Crippen LogP contribution in [0, 0.1) is 11.8 Å². The number of ether oxygens (including phenoxy) is 6. The first-order valence-corrected chi connectivity index (χ1v) is 19.1. The van der Waals surface area contributed by atoms with Crippen LogP contribution >= 0.6 is 0 Å². The molecule has 52 heavy (non-hydrogen) atoms. The Morgan fingerprint density at radius 1 is 0.500 bits per heavy atom. The van der Waals surface area contributed by atoms with Crippen molar-refractivity contribution in [3.63, 3.8) is 0 Å². The Balaban J connectivity index is 1.58. The Labute approximate surface area is 312 Å². The number of hydrogen-bond donors (Lipinski definition) is 0. The Hall–Kier alpha value is -4.58. The molecule has 0 aliphatic carbocycles. The Bertz CT molecular complexity index is 1580. The van der Waals surface area contributed by atoms with Crippen LogP contribution in [0.3, 0.4) is 0 Å². The lowest BCUT2D eigenvalue weighted by molar-refractivity contribution is 0.215. The Kier molecular flexibility index (Phi) is 16.3. The summed E-state index contributed by atoms with van der Waals surface area (Å²) < 4.78 is 35.7. The van der Waals surface area contributed by atoms with Crippen LogP contribution in [0.5, 0.6) is 34.5 Å². The predicted molar refractivity (Wildman–Crippen MR) is 218 cm³/mol. The highest BCUT2D eigenvalue weighted by Crippen LogP contribution is 2.41. The van der Waals surface area contributed by atoms with E-state index >= 15 is 0 Å². The summed E-state index contributed by atoms with van der Waals surface area (Å²) in [5.74, 6) is 4.99. The molecule has 0 aromatic heterocycles. The fourth-order valence-corrected chi connectivity index (χ4v) is 6.50. The van der Waals surface area contributed by atoms with Gasteiger partial charge in [-0.05, 0) is 82.0 Å². The molecular formula is C46H60O6. The second kappa shape index (κ2) is 21.1. The molecule has 0 amide bonds. The molecule has 0 N–H and O–H groups in total. The summed E-state index contributed by atoms with van der Waals surface area (Å²) in [7, 11) is 6.70. The zero-order chi connectivity index (χ0) is 37.3. The first kappa shape index (κ1) is 40.2. The quantitative estimate of drug-likeness (QED) is 0.0758. The van der Waals surface area contributed by atoms with Crippen LogP contribution < -0.4 is 28.4 Å². The summed E-state index contributed by atoms with van der Waals surface area (Å²) in [4.78, 5) is 0. The Morgan fingerprint density at radius 3 is 1.17 bits per heavy atom. The van der Waals surface area contributed by atoms with Gasteiger partial charge in [0, 0.05) is 0 Å². The van der Waals surface area contributed by atoms with Crippen molar-refractivity contribution in [2.75, 3.05) is 41.7 Å². The van der Waals surface area contributed by atoms with Crippen molar-refractivity contribution < 1.29 is 28.4 Å². The van der Waals surface area contributed by atoms with Crippen LogP contribution in [0.15, 0.2) is 60.7 Å². The van der Waals surface area contributed by atoms with Gasteiger partial charge in [-0.2, -0.15) is 0 Å². The number of hydrogen-bond acceptors (Lipinski definition) is 6. The van der Waals surface area contributed by atoms with Crippen molar-refractivity contribution in [1.82, 2.24) is 0 Å². The fraction of sp³-hybridized carbons (Fsp3) is 0.435. The van der Waals surface area contributed by atoms with E-state index in [0.29, 0.717) is 59.5 Å². The van der Waals surface area contributed by atoms with Crippen molar-refractivity contribution >= 4 is 35.1 Å². The van der Waals surface area contributed by atoms with Gasteiger partial charge in [0.2, 0.25) is 11.5 Å². The molecule has 0 aliphatic heterocycles. The van der Waals surface area contributed by atoms with Crippen molar-refractivity contribution in [3.05, 3.63) is 82.9 Å². The van der Waals surface area contributed by atoms with E-state index in [-0.39, 0.29) is 0 Å². The minimum Gasteiger partial charge on any atom is -0.493 e. The molecule has 0 heterocycles. The third kappa shape index (κ3) is 10.7. The lowest BCUT2D eigenvalue weighted by atomic mass is 9.98. The summed E-state index contributed by atoms with van der Waals surface area (Å²) in [6.07, 6.45) is 17.7. The minimum absolute atomic E-state index is 0.504. The zero-order valence-electron chi connectivity index (χ0n) is 32.8. The third-order valence-corrected chi connectivity index (χ3v) is 9.88. The topological polar surface area (TPSA) is 55.4 Å². The van der Waals surface area contributed by atoms with Crippen LogP contribution in [0.2, 0.25) is 0 Å². The molecule has 280 valence electrons. The molecule has 4 aromatic rings. The molecule has 0 aliphatic rings. The molecule has 4 rings (SSSR count). The van der Waals surface area contributed by atoms with Gasteiger partial charge in [0.25, 0.3) is 0 Å². The first-order valence-electron chi connectivity index (χ1n) is 19.1. The number of rotatable bonds is 22. The van der Waals surface area contributed by atoms with Gasteiger partial charge in [0.05, 0.1) is 41.7 Å². The van der Waals surface area contributed by atoms with Crippen LogP contribution in [0.4, 0.5) is 0 Å². The highest BCUT2D eigenvalue weighted by atomic mass is 16.5. The maximum absolute atomic E-state index is 6.31. The zero-order valence-corrected chi connectivity index (χ0v) is 32.8. The monoisotopic (exact) mass is 708 g/mol. The number of fused-ring (bicyclic) bond motifs is 1. The third-order valence-electron chi connectivity index (χ3n) is 9.88. The van der Waals surface area contributed by atoms with E-state index in [4.69, 9.17) is 28.4 Å². The standard InChI is InChI=1S/C46H60O6/c1-9-13-17-33(11-3)31-51-45-41(47-5)27-35(28-42(45)48-6)23-25-37-19-15-22-40-38(20-16-21-39(37)40)26-24-36-29-43(49-7)46(44(30-36)50-8)52-32-34(12-4)18-14-10-2/h15-16,19-30,33-34H,9-14,17-18,31-32H2,1-8H3. The highest BCUT2D eigenvalue weighted by molar-refractivity contribution is 5.99. The number of benzene rings is 4. The smallest absolute Gasteiger partial charge is 0.203 e. The Morgan fingerprint density at radius 2 is 0.865 bits per heavy atom. The SMILES string of the molecule is CCCCC(CC)COc1c(OC)cc(C=Cc2cccc3c(C=Cc4cc(OC)c(OCC(CC)CCCC)c(OC)c4)cccc23)cc1OC. The summed E-state index contributed by atoms with van der Waals surface area (Å²) in [6, 6.07) is 20.8. The largest absolute Gasteiger partial charge is 0.493 e. The van der Waals surface area contributed by atoms with Crippen molar-refractivity contribution in [1.29, 1.82) is 0 Å². The van der Waals surface area contributed by atoms with E-state index in [2.05, 4.69) is 88.4 Å². The van der Waals surface area contributed by atoms with E-state index in [9.17, 15) is 0 Å². The maximum Gasteiger partial charge on any atom is 0.203 e. The summed E-state index contributed by atoms with van der Waals surface area (Å²) in [6.45, 7) is 10.2. The van der Waals surface area contributed by atoms with Crippen molar-refractivity contribution in [2.24, 2.45) is 11.8 Å². The molecule has 2 unspecified atom stereocenters. The van der Waals surface area contributed by atoms with E-state index in [1.165, 1.54) is 25.7 Å². The van der Waals surface area contributed by atoms with E-state index in [1.807, 2.05) is 24.3 Å². The summed E-state index contributed by atoms with van der Waals surface area (Å²) in [5.41, 5.74) is 4.16. The number of methoxy groups -OCH3 is 4. The molecule has 2 atom stereocenters. The second-order valence-corrected chi connectivity index (χ2v) is 13.4. The highest BCUT2D eigenvalue weighted by Gasteiger charge is 2.18. The van der Waals surface area contributed by atoms with Crippen LogP contribution in [0.25, 0.3) is 35.1 Å². The van der Waals surface area contributed by atoms with E-state index in [0.717, 1.165) is 58.7 Å². The van der Waals surface area contributed by atoms with E-state index in [1.54, 1.807) is 28.4 Å². The molecule has 0 radical (unpaired) electrons. The molecule has 6 nitrogen and oxygen atoms in total. The van der Waals surface area contributed by atoms with Gasteiger partial charge in [-0.15, -0.1) is 0 Å². The van der Waals surface area contributed by atoms with Gasteiger partial charge < -0.3 is 28.4 Å². The minimum atomic E-state index is 0.504. The van der Waals surface area contributed by atoms with Crippen LogP contribution in [-0.2, 0) is 0 Å². The molecule has 0 fully saturated rings. The first-order chi connectivity index (χ1) is 25.4. The molecule has 6 heteroatoms. The molecule has 0 bridgehead atoms. The maximum atomic E-state index is 6.31. The molecule has 0 saturated heterocycles. The lowest BCUT2D eigenvalue weighted by Gasteiger charge is -2.19. The summed E-state index contributed by atoms with van der Waals surface area (Å²) >= 11 is 0. The molecule has 0 saturated carbocycles. The lowest BCUT2D eigenvalue weighted by Crippen LogP contribution is -2.12. The van der Waals surface area contributed by atoms with Gasteiger partial charge in [-0.3, -0.25) is 0 Å².